The minimum atomic E-state index is -0.839. The summed E-state index contributed by atoms with van der Waals surface area (Å²) in [5.74, 6) is -1.06. The van der Waals surface area contributed by atoms with Crippen LogP contribution >= 0.6 is 0 Å². The quantitative estimate of drug-likeness (QED) is 0.820. The molecule has 0 aliphatic rings. The summed E-state index contributed by atoms with van der Waals surface area (Å²) >= 11 is 0. The van der Waals surface area contributed by atoms with Crippen LogP contribution in [0.25, 0.3) is 0 Å². The molecule has 0 aliphatic carbocycles. The number of hydrogen-bond donors (Lipinski definition) is 0. The topological polar surface area (TPSA) is 47.8 Å². The van der Waals surface area contributed by atoms with E-state index in [1.165, 1.54) is 6.07 Å². The van der Waals surface area contributed by atoms with Crippen LogP contribution in [0.15, 0.2) is 23.0 Å². The summed E-state index contributed by atoms with van der Waals surface area (Å²) in [6, 6.07) is 4.24. The van der Waals surface area contributed by atoms with Crippen molar-refractivity contribution >= 4 is 0 Å². The monoisotopic (exact) mass is 321 g/mol. The third kappa shape index (κ3) is 4.00. The molecule has 0 fully saturated rings. The molecule has 0 saturated carbocycles. The molecule has 2 rings (SSSR count). The fourth-order valence-electron chi connectivity index (χ4n) is 2.45. The Kier molecular flexibility index (Phi) is 5.58. The number of halogens is 2. The van der Waals surface area contributed by atoms with Crippen LogP contribution in [-0.4, -0.2) is 14.8 Å². The van der Waals surface area contributed by atoms with E-state index in [-0.39, 0.29) is 11.6 Å². The third-order valence-corrected chi connectivity index (χ3v) is 3.67. The van der Waals surface area contributed by atoms with E-state index >= 15 is 0 Å². The highest BCUT2D eigenvalue weighted by molar-refractivity contribution is 5.19. The van der Waals surface area contributed by atoms with E-state index in [4.69, 9.17) is 0 Å². The van der Waals surface area contributed by atoms with Gasteiger partial charge in [-0.3, -0.25) is 4.79 Å². The van der Waals surface area contributed by atoms with Crippen LogP contribution in [0.4, 0.5) is 8.78 Å². The van der Waals surface area contributed by atoms with Gasteiger partial charge in [0.1, 0.15) is 11.5 Å². The van der Waals surface area contributed by atoms with Gasteiger partial charge in [0.25, 0.3) is 5.56 Å². The van der Waals surface area contributed by atoms with Crippen molar-refractivity contribution in [3.63, 3.8) is 0 Å². The lowest BCUT2D eigenvalue weighted by atomic mass is 10.1. The molecular formula is C17H21F2N3O. The second-order valence-electron chi connectivity index (χ2n) is 5.74. The average Bonchev–Trinajstić information content (AvgIpc) is 2.51. The fraction of sp³-hybridized carbons (Fsp3) is 0.471. The molecule has 1 aromatic carbocycles. The summed E-state index contributed by atoms with van der Waals surface area (Å²) in [5.41, 5.74) is 0.469. The number of hydrogen-bond acceptors (Lipinski definition) is 3. The first-order valence-electron chi connectivity index (χ1n) is 7.85. The standard InChI is InChI=1S/C17H21F2N3O/c1-4-14-17(23)20-15(22(21-14)11(2)3)10-6-8-12-7-5-9-13(18)16(12)19/h5,7,9,11H,4,6,8,10H2,1-3H3. The molecule has 0 unspecified atom stereocenters. The summed E-state index contributed by atoms with van der Waals surface area (Å²) in [7, 11) is 0. The highest BCUT2D eigenvalue weighted by atomic mass is 19.2. The predicted molar refractivity (Wildman–Crippen MR) is 84.4 cm³/mol. The molecule has 1 aromatic heterocycles. The lowest BCUT2D eigenvalue weighted by Crippen LogP contribution is -2.26. The van der Waals surface area contributed by atoms with Crippen LogP contribution in [0.1, 0.15) is 50.3 Å². The molecule has 0 N–H and O–H groups in total. The van der Waals surface area contributed by atoms with Gasteiger partial charge in [0.2, 0.25) is 0 Å². The first kappa shape index (κ1) is 17.2. The second-order valence-corrected chi connectivity index (χ2v) is 5.74. The molecule has 0 atom stereocenters. The van der Waals surface area contributed by atoms with Crippen LogP contribution in [-0.2, 0) is 19.3 Å². The van der Waals surface area contributed by atoms with E-state index in [1.54, 1.807) is 10.7 Å². The molecule has 0 radical (unpaired) electrons. The lowest BCUT2D eigenvalue weighted by Gasteiger charge is -2.15. The zero-order valence-corrected chi connectivity index (χ0v) is 13.6. The van der Waals surface area contributed by atoms with Gasteiger partial charge in [-0.1, -0.05) is 19.1 Å². The largest absolute Gasteiger partial charge is 0.294 e. The Morgan fingerprint density at radius 3 is 2.61 bits per heavy atom. The van der Waals surface area contributed by atoms with E-state index < -0.39 is 11.6 Å². The van der Waals surface area contributed by atoms with Gasteiger partial charge in [0.15, 0.2) is 11.6 Å². The predicted octanol–water partition coefficient (Wildman–Crippen LogP) is 3.24. The Balaban J connectivity index is 2.15. The van der Waals surface area contributed by atoms with Gasteiger partial charge >= 0.3 is 0 Å². The van der Waals surface area contributed by atoms with Crippen molar-refractivity contribution in [3.05, 3.63) is 57.3 Å². The number of benzene rings is 1. The van der Waals surface area contributed by atoms with E-state index in [2.05, 4.69) is 10.1 Å². The number of aromatic nitrogens is 3. The molecule has 4 nitrogen and oxygen atoms in total. The Morgan fingerprint density at radius 1 is 1.22 bits per heavy atom. The van der Waals surface area contributed by atoms with Gasteiger partial charge in [-0.15, -0.1) is 0 Å². The van der Waals surface area contributed by atoms with Crippen LogP contribution in [0.3, 0.4) is 0 Å². The molecule has 0 spiro atoms. The molecule has 23 heavy (non-hydrogen) atoms. The zero-order chi connectivity index (χ0) is 17.0. The molecular weight excluding hydrogens is 300 g/mol. The lowest BCUT2D eigenvalue weighted by molar-refractivity contribution is 0.460. The van der Waals surface area contributed by atoms with Crippen LogP contribution in [0.5, 0.6) is 0 Å². The summed E-state index contributed by atoms with van der Waals surface area (Å²) in [6.07, 6.45) is 1.97. The van der Waals surface area contributed by atoms with Crippen LogP contribution < -0.4 is 5.56 Å². The minimum absolute atomic E-state index is 0.0781. The molecule has 1 heterocycles. The number of aryl methyl sites for hydroxylation is 3. The maximum atomic E-state index is 13.6. The van der Waals surface area contributed by atoms with Crippen molar-refractivity contribution in [2.24, 2.45) is 0 Å². The molecule has 0 aliphatic heterocycles. The maximum absolute atomic E-state index is 13.6. The molecule has 2 aromatic rings. The summed E-state index contributed by atoms with van der Waals surface area (Å²) in [5, 5.41) is 4.36. The summed E-state index contributed by atoms with van der Waals surface area (Å²) in [4.78, 5) is 16.0. The van der Waals surface area contributed by atoms with E-state index in [0.717, 1.165) is 6.07 Å². The normalized spacial score (nSPS) is 11.2. The van der Waals surface area contributed by atoms with Crippen molar-refractivity contribution in [1.29, 1.82) is 0 Å². The van der Waals surface area contributed by atoms with Crippen molar-refractivity contribution in [3.8, 4) is 0 Å². The van der Waals surface area contributed by atoms with Gasteiger partial charge in [-0.2, -0.15) is 10.1 Å². The van der Waals surface area contributed by atoms with Gasteiger partial charge in [-0.25, -0.2) is 13.5 Å². The van der Waals surface area contributed by atoms with Gasteiger partial charge in [0, 0.05) is 12.5 Å². The summed E-state index contributed by atoms with van der Waals surface area (Å²) in [6.45, 7) is 5.80. The first-order chi connectivity index (χ1) is 10.9. The SMILES string of the molecule is CCc1nn(C(C)C)c(CCCc2cccc(F)c2F)nc1=O. The zero-order valence-electron chi connectivity index (χ0n) is 13.6. The first-order valence-corrected chi connectivity index (χ1v) is 7.85. The summed E-state index contributed by atoms with van der Waals surface area (Å²) < 4.78 is 28.6. The van der Waals surface area contributed by atoms with Crippen molar-refractivity contribution in [2.45, 2.75) is 52.5 Å². The fourth-order valence-corrected chi connectivity index (χ4v) is 2.45. The number of nitrogens with zero attached hydrogens (tertiary/aromatic N) is 3. The van der Waals surface area contributed by atoms with Crippen LogP contribution in [0.2, 0.25) is 0 Å². The van der Waals surface area contributed by atoms with Gasteiger partial charge < -0.3 is 0 Å². The molecule has 124 valence electrons. The Morgan fingerprint density at radius 2 is 1.96 bits per heavy atom. The Bertz CT molecular complexity index is 741. The molecule has 6 heteroatoms. The smallest absolute Gasteiger partial charge is 0.265 e. The van der Waals surface area contributed by atoms with Crippen molar-refractivity contribution in [1.82, 2.24) is 14.8 Å². The molecule has 0 amide bonds. The third-order valence-electron chi connectivity index (χ3n) is 3.67. The minimum Gasteiger partial charge on any atom is -0.265 e. The Labute approximate surface area is 134 Å². The van der Waals surface area contributed by atoms with E-state index in [0.29, 0.717) is 42.8 Å². The van der Waals surface area contributed by atoms with Crippen LogP contribution in [0, 0.1) is 11.6 Å². The molecule has 0 bridgehead atoms. The Hall–Kier alpha value is -2.11. The second kappa shape index (κ2) is 7.44. The van der Waals surface area contributed by atoms with Gasteiger partial charge in [0.05, 0.1) is 0 Å². The maximum Gasteiger partial charge on any atom is 0.294 e. The van der Waals surface area contributed by atoms with E-state index in [9.17, 15) is 13.6 Å². The van der Waals surface area contributed by atoms with Crippen molar-refractivity contribution in [2.75, 3.05) is 0 Å². The molecule has 0 saturated heterocycles. The highest BCUT2D eigenvalue weighted by Gasteiger charge is 2.13. The highest BCUT2D eigenvalue weighted by Crippen LogP contribution is 2.15. The average molecular weight is 321 g/mol. The van der Waals surface area contributed by atoms with Crippen molar-refractivity contribution < 1.29 is 8.78 Å². The van der Waals surface area contributed by atoms with E-state index in [1.807, 2.05) is 20.8 Å². The van der Waals surface area contributed by atoms with Gasteiger partial charge in [-0.05, 0) is 44.7 Å². The number of rotatable bonds is 6.